The Kier molecular flexibility index (Phi) is 7.12. The summed E-state index contributed by atoms with van der Waals surface area (Å²) in [6.45, 7) is 1.87. The first kappa shape index (κ1) is 24.0. The highest BCUT2D eigenvalue weighted by Crippen LogP contribution is 2.29. The van der Waals surface area contributed by atoms with Crippen molar-refractivity contribution in [1.29, 1.82) is 0 Å². The van der Waals surface area contributed by atoms with Gasteiger partial charge in [-0.1, -0.05) is 60.2 Å². The predicted molar refractivity (Wildman–Crippen MR) is 135 cm³/mol. The van der Waals surface area contributed by atoms with Crippen LogP contribution in [0.3, 0.4) is 0 Å². The summed E-state index contributed by atoms with van der Waals surface area (Å²) in [5.41, 5.74) is 4.64. The van der Waals surface area contributed by atoms with Gasteiger partial charge in [-0.05, 0) is 53.6 Å². The van der Waals surface area contributed by atoms with Gasteiger partial charge in [-0.25, -0.2) is 5.43 Å². The van der Waals surface area contributed by atoms with Gasteiger partial charge in [0.05, 0.1) is 19.7 Å². The number of hydrazone groups is 1. The molecule has 0 aliphatic heterocycles. The molecule has 0 aliphatic carbocycles. The summed E-state index contributed by atoms with van der Waals surface area (Å²) in [5.74, 6) is 0.436. The van der Waals surface area contributed by atoms with Gasteiger partial charge in [0.25, 0.3) is 0 Å². The van der Waals surface area contributed by atoms with Crippen LogP contribution in [0.4, 0.5) is 0 Å². The quantitative estimate of drug-likeness (QED) is 0.222. The number of rotatable bonds is 8. The second-order valence-corrected chi connectivity index (χ2v) is 9.42. The first-order chi connectivity index (χ1) is 16.9. The molecule has 0 radical (unpaired) electrons. The number of hydrogen-bond acceptors (Lipinski definition) is 6. The van der Waals surface area contributed by atoms with Gasteiger partial charge in [0.2, 0.25) is 5.91 Å². The number of aryl methyl sites for hydroxylation is 1. The Labute approximate surface area is 204 Å². The average Bonchev–Trinajstić information content (AvgIpc) is 2.85. The molecule has 0 spiro atoms. The third kappa shape index (κ3) is 5.85. The molecule has 35 heavy (non-hydrogen) atoms. The Hall–Kier alpha value is -4.17. The molecule has 0 bridgehead atoms. The topological polar surface area (TPSA) is 94.1 Å². The van der Waals surface area contributed by atoms with Crippen molar-refractivity contribution in [3.05, 3.63) is 102 Å². The number of fused-ring (bicyclic) bond motifs is 1. The standard InChI is InChI=1S/C27H24N2O5S/c1-19-10-13-23(14-11-19)35(31,32)34-26-15-12-21-7-3-4-9-24(21)25(26)18-28-29-27(30)17-20-6-5-8-22(16-20)33-2/h3-16,18H,17H2,1-2H3,(H,29,30). The monoisotopic (exact) mass is 488 g/mol. The summed E-state index contributed by atoms with van der Waals surface area (Å²) in [4.78, 5) is 12.4. The van der Waals surface area contributed by atoms with E-state index < -0.39 is 10.1 Å². The lowest BCUT2D eigenvalue weighted by atomic mass is 10.0. The van der Waals surface area contributed by atoms with Gasteiger partial charge in [0, 0.05) is 5.56 Å². The molecule has 4 rings (SSSR count). The lowest BCUT2D eigenvalue weighted by Gasteiger charge is -2.12. The number of amides is 1. The summed E-state index contributed by atoms with van der Waals surface area (Å²) in [6.07, 6.45) is 1.50. The number of hydrogen-bond donors (Lipinski definition) is 1. The molecule has 7 nitrogen and oxygen atoms in total. The highest BCUT2D eigenvalue weighted by molar-refractivity contribution is 7.87. The van der Waals surface area contributed by atoms with Crippen molar-refractivity contribution in [2.75, 3.05) is 7.11 Å². The van der Waals surface area contributed by atoms with Crippen molar-refractivity contribution in [1.82, 2.24) is 5.43 Å². The average molecular weight is 489 g/mol. The summed E-state index contributed by atoms with van der Waals surface area (Å²) >= 11 is 0. The molecule has 4 aromatic rings. The first-order valence-electron chi connectivity index (χ1n) is 10.8. The minimum absolute atomic E-state index is 0.0470. The van der Waals surface area contributed by atoms with Crippen molar-refractivity contribution >= 4 is 33.0 Å². The Morgan fingerprint density at radius 2 is 1.74 bits per heavy atom. The summed E-state index contributed by atoms with van der Waals surface area (Å²) in [6, 6.07) is 24.4. The van der Waals surface area contributed by atoms with Crippen LogP contribution in [0.1, 0.15) is 16.7 Å². The van der Waals surface area contributed by atoms with E-state index in [1.165, 1.54) is 18.3 Å². The highest BCUT2D eigenvalue weighted by atomic mass is 32.2. The van der Waals surface area contributed by atoms with Crippen LogP contribution in [0.15, 0.2) is 94.9 Å². The maximum absolute atomic E-state index is 12.9. The molecule has 0 saturated carbocycles. The molecule has 1 N–H and O–H groups in total. The van der Waals surface area contributed by atoms with Gasteiger partial charge in [-0.3, -0.25) is 4.79 Å². The minimum atomic E-state index is -4.07. The fraction of sp³-hybridized carbons (Fsp3) is 0.111. The number of nitrogens with one attached hydrogen (secondary N) is 1. The second kappa shape index (κ2) is 10.4. The van der Waals surface area contributed by atoms with Crippen molar-refractivity contribution < 1.29 is 22.1 Å². The van der Waals surface area contributed by atoms with Crippen LogP contribution in [0.5, 0.6) is 11.5 Å². The van der Waals surface area contributed by atoms with Crippen molar-refractivity contribution in [3.63, 3.8) is 0 Å². The summed E-state index contributed by atoms with van der Waals surface area (Å²) in [7, 11) is -2.51. The molecule has 0 atom stereocenters. The van der Waals surface area contributed by atoms with Crippen molar-refractivity contribution in [3.8, 4) is 11.5 Å². The van der Waals surface area contributed by atoms with E-state index in [0.717, 1.165) is 21.9 Å². The van der Waals surface area contributed by atoms with Crippen LogP contribution in [0, 0.1) is 6.92 Å². The second-order valence-electron chi connectivity index (χ2n) is 7.87. The maximum atomic E-state index is 12.9. The van der Waals surface area contributed by atoms with Gasteiger partial charge in [-0.15, -0.1) is 0 Å². The van der Waals surface area contributed by atoms with E-state index >= 15 is 0 Å². The van der Waals surface area contributed by atoms with Gasteiger partial charge in [0.15, 0.2) is 5.75 Å². The lowest BCUT2D eigenvalue weighted by Crippen LogP contribution is -2.20. The normalized spacial score (nSPS) is 11.5. The molecular formula is C27H24N2O5S. The maximum Gasteiger partial charge on any atom is 0.339 e. The predicted octanol–water partition coefficient (Wildman–Crippen LogP) is 4.62. The van der Waals surface area contributed by atoms with E-state index in [2.05, 4.69) is 10.5 Å². The Bertz CT molecular complexity index is 1500. The molecule has 4 aromatic carbocycles. The Morgan fingerprint density at radius 1 is 0.971 bits per heavy atom. The van der Waals surface area contributed by atoms with E-state index in [1.54, 1.807) is 49.6 Å². The van der Waals surface area contributed by atoms with Crippen LogP contribution < -0.4 is 14.3 Å². The summed E-state index contributed by atoms with van der Waals surface area (Å²) in [5, 5.41) is 5.68. The van der Waals surface area contributed by atoms with Crippen LogP contribution in [-0.2, 0) is 21.3 Å². The number of methoxy groups -OCH3 is 1. The first-order valence-corrected chi connectivity index (χ1v) is 12.2. The molecule has 0 aromatic heterocycles. The third-order valence-electron chi connectivity index (χ3n) is 5.32. The molecule has 178 valence electrons. The SMILES string of the molecule is COc1cccc(CC(=O)NN=Cc2c(OS(=O)(=O)c3ccc(C)cc3)ccc3ccccc23)c1. The molecule has 0 saturated heterocycles. The number of carbonyl (C=O) groups excluding carboxylic acids is 1. The van der Waals surface area contributed by atoms with Crippen LogP contribution in [-0.4, -0.2) is 27.6 Å². The fourth-order valence-electron chi connectivity index (χ4n) is 3.53. The minimum Gasteiger partial charge on any atom is -0.497 e. The molecule has 0 heterocycles. The van der Waals surface area contributed by atoms with Crippen molar-refractivity contribution in [2.45, 2.75) is 18.2 Å². The highest BCUT2D eigenvalue weighted by Gasteiger charge is 2.19. The zero-order valence-electron chi connectivity index (χ0n) is 19.3. The van der Waals surface area contributed by atoms with Crippen LogP contribution >= 0.6 is 0 Å². The van der Waals surface area contributed by atoms with E-state index in [1.807, 2.05) is 37.3 Å². The van der Waals surface area contributed by atoms with Gasteiger partial charge >= 0.3 is 10.1 Å². The Balaban J connectivity index is 1.59. The van der Waals surface area contributed by atoms with Gasteiger partial charge < -0.3 is 8.92 Å². The van der Waals surface area contributed by atoms with Gasteiger partial charge in [-0.2, -0.15) is 13.5 Å². The van der Waals surface area contributed by atoms with E-state index in [9.17, 15) is 13.2 Å². The van der Waals surface area contributed by atoms with Gasteiger partial charge in [0.1, 0.15) is 10.6 Å². The molecular weight excluding hydrogens is 464 g/mol. The molecule has 0 unspecified atom stereocenters. The Morgan fingerprint density at radius 3 is 2.51 bits per heavy atom. The number of carbonyl (C=O) groups is 1. The van der Waals surface area contributed by atoms with E-state index in [-0.39, 0.29) is 23.0 Å². The molecule has 0 fully saturated rings. The number of nitrogens with zero attached hydrogens (tertiary/aromatic N) is 1. The van der Waals surface area contributed by atoms with Crippen LogP contribution in [0.25, 0.3) is 10.8 Å². The molecule has 0 aliphatic rings. The zero-order chi connectivity index (χ0) is 24.8. The zero-order valence-corrected chi connectivity index (χ0v) is 20.1. The number of ether oxygens (including phenoxy) is 1. The lowest BCUT2D eigenvalue weighted by molar-refractivity contribution is -0.120. The molecule has 1 amide bonds. The number of benzene rings is 4. The third-order valence-corrected chi connectivity index (χ3v) is 6.57. The van der Waals surface area contributed by atoms with Crippen LogP contribution in [0.2, 0.25) is 0 Å². The summed E-state index contributed by atoms with van der Waals surface area (Å²) < 4.78 is 36.5. The van der Waals surface area contributed by atoms with E-state index in [4.69, 9.17) is 8.92 Å². The smallest absolute Gasteiger partial charge is 0.339 e. The largest absolute Gasteiger partial charge is 0.497 e. The van der Waals surface area contributed by atoms with Crippen molar-refractivity contribution in [2.24, 2.45) is 5.10 Å². The van der Waals surface area contributed by atoms with E-state index in [0.29, 0.717) is 11.3 Å². The molecule has 8 heteroatoms. The fourth-order valence-corrected chi connectivity index (χ4v) is 4.48.